The van der Waals surface area contributed by atoms with Gasteiger partial charge in [0.05, 0.1) is 11.1 Å². The Morgan fingerprint density at radius 2 is 1.90 bits per heavy atom. The molecule has 0 amide bonds. The van der Waals surface area contributed by atoms with E-state index in [0.717, 1.165) is 27.8 Å². The number of hydrogen-bond donors (Lipinski definition) is 1. The van der Waals surface area contributed by atoms with Gasteiger partial charge < -0.3 is 10.3 Å². The number of nitrogens with zero attached hydrogens (tertiary/aromatic N) is 2. The zero-order valence-electron chi connectivity index (χ0n) is 15.2. The summed E-state index contributed by atoms with van der Waals surface area (Å²) in [6.45, 7) is 0. The largest absolute Gasteiger partial charge is 0.354 e. The molecule has 29 heavy (non-hydrogen) atoms. The molecule has 0 bridgehead atoms. The fourth-order valence-electron chi connectivity index (χ4n) is 2.74. The Balaban J connectivity index is 1.41. The molecular formula is C21H17Cl2N3OS2. The normalized spacial score (nSPS) is 12.2. The number of hydrogen-bond acceptors (Lipinski definition) is 6. The monoisotopic (exact) mass is 461 g/mol. The average molecular weight is 462 g/mol. The summed E-state index contributed by atoms with van der Waals surface area (Å²) in [5.74, 6) is 2.31. The highest BCUT2D eigenvalue weighted by Crippen LogP contribution is 2.33. The number of aromatic nitrogens is 2. The number of nitrogens with two attached hydrogens (primary N) is 1. The Morgan fingerprint density at radius 1 is 1.07 bits per heavy atom. The third-order valence-corrected chi connectivity index (χ3v) is 6.87. The first-order chi connectivity index (χ1) is 14.1. The van der Waals surface area contributed by atoms with Crippen LogP contribution >= 0.6 is 46.3 Å². The van der Waals surface area contributed by atoms with Gasteiger partial charge in [0.1, 0.15) is 16.4 Å². The second-order valence-electron chi connectivity index (χ2n) is 6.38. The van der Waals surface area contributed by atoms with E-state index in [1.807, 2.05) is 35.7 Å². The highest BCUT2D eigenvalue weighted by molar-refractivity contribution is 7.98. The summed E-state index contributed by atoms with van der Waals surface area (Å²) >= 11 is 15.5. The van der Waals surface area contributed by atoms with Gasteiger partial charge in [0, 0.05) is 33.5 Å². The Bertz CT molecular complexity index is 1100. The van der Waals surface area contributed by atoms with Gasteiger partial charge in [-0.05, 0) is 23.8 Å². The molecule has 2 aromatic carbocycles. The van der Waals surface area contributed by atoms with Crippen LogP contribution in [-0.4, -0.2) is 15.9 Å². The van der Waals surface area contributed by atoms with Gasteiger partial charge in [-0.15, -0.1) is 11.3 Å². The lowest BCUT2D eigenvalue weighted by Crippen LogP contribution is -2.12. The van der Waals surface area contributed by atoms with Crippen molar-refractivity contribution in [3.63, 3.8) is 0 Å². The van der Waals surface area contributed by atoms with Crippen LogP contribution in [0.1, 0.15) is 16.6 Å². The molecule has 0 saturated carbocycles. The van der Waals surface area contributed by atoms with Crippen LogP contribution in [0.15, 0.2) is 64.5 Å². The molecule has 1 atom stereocenters. The van der Waals surface area contributed by atoms with Gasteiger partial charge in [-0.2, -0.15) is 11.8 Å². The SMILES string of the molecule is NC(CSCc1ccccc1)c1nc(-c2cc(-c3ccc(Cl)cc3Cl)no2)cs1. The van der Waals surface area contributed by atoms with Crippen molar-refractivity contribution >= 4 is 46.3 Å². The number of benzene rings is 2. The topological polar surface area (TPSA) is 64.9 Å². The lowest BCUT2D eigenvalue weighted by molar-refractivity contribution is 0.434. The minimum atomic E-state index is -0.129. The van der Waals surface area contributed by atoms with E-state index in [1.54, 1.807) is 23.9 Å². The quantitative estimate of drug-likeness (QED) is 0.331. The van der Waals surface area contributed by atoms with Crippen LogP contribution < -0.4 is 5.73 Å². The van der Waals surface area contributed by atoms with E-state index in [9.17, 15) is 0 Å². The van der Waals surface area contributed by atoms with Crippen molar-refractivity contribution in [2.45, 2.75) is 11.8 Å². The third-order valence-electron chi connectivity index (χ3n) is 4.22. The fraction of sp³-hybridized carbons (Fsp3) is 0.143. The molecule has 148 valence electrons. The van der Waals surface area contributed by atoms with Gasteiger partial charge in [0.2, 0.25) is 0 Å². The first kappa shape index (κ1) is 20.4. The predicted molar refractivity (Wildman–Crippen MR) is 123 cm³/mol. The van der Waals surface area contributed by atoms with Crippen molar-refractivity contribution in [1.29, 1.82) is 0 Å². The number of thiazole rings is 1. The van der Waals surface area contributed by atoms with Gasteiger partial charge in [-0.3, -0.25) is 0 Å². The fourth-order valence-corrected chi connectivity index (χ4v) is 5.12. The van der Waals surface area contributed by atoms with Gasteiger partial charge in [0.15, 0.2) is 5.76 Å². The minimum absolute atomic E-state index is 0.129. The summed E-state index contributed by atoms with van der Waals surface area (Å²) < 4.78 is 5.48. The van der Waals surface area contributed by atoms with E-state index < -0.39 is 0 Å². The molecule has 4 rings (SSSR count). The van der Waals surface area contributed by atoms with Gasteiger partial charge >= 0.3 is 0 Å². The molecule has 0 aliphatic heterocycles. The molecule has 0 fully saturated rings. The first-order valence-electron chi connectivity index (χ1n) is 8.85. The third kappa shape index (κ3) is 5.02. The second-order valence-corrected chi connectivity index (χ2v) is 9.14. The molecule has 0 saturated heterocycles. The molecule has 0 spiro atoms. The van der Waals surface area contributed by atoms with Crippen LogP contribution in [0.4, 0.5) is 0 Å². The smallest absolute Gasteiger partial charge is 0.186 e. The summed E-state index contributed by atoms with van der Waals surface area (Å²) in [5.41, 5.74) is 9.74. The zero-order valence-corrected chi connectivity index (χ0v) is 18.4. The maximum atomic E-state index is 6.33. The Labute approximate surface area is 187 Å². The molecule has 4 aromatic rings. The Morgan fingerprint density at radius 3 is 2.69 bits per heavy atom. The lowest BCUT2D eigenvalue weighted by atomic mass is 10.1. The van der Waals surface area contributed by atoms with Crippen LogP contribution in [0.3, 0.4) is 0 Å². The van der Waals surface area contributed by atoms with Crippen molar-refractivity contribution in [3.05, 3.63) is 80.6 Å². The van der Waals surface area contributed by atoms with Gasteiger partial charge in [-0.25, -0.2) is 4.98 Å². The van der Waals surface area contributed by atoms with Crippen molar-refractivity contribution in [2.24, 2.45) is 5.73 Å². The van der Waals surface area contributed by atoms with E-state index in [-0.39, 0.29) is 6.04 Å². The molecule has 8 heteroatoms. The Kier molecular flexibility index (Phi) is 6.57. The average Bonchev–Trinajstić information content (AvgIpc) is 3.38. The Hall–Kier alpha value is -1.83. The van der Waals surface area contributed by atoms with Crippen molar-refractivity contribution in [3.8, 4) is 22.7 Å². The summed E-state index contributed by atoms with van der Waals surface area (Å²) in [5, 5.41) is 8.03. The molecule has 2 N–H and O–H groups in total. The number of rotatable bonds is 7. The van der Waals surface area contributed by atoms with Crippen LogP contribution in [0.2, 0.25) is 10.0 Å². The molecule has 2 heterocycles. The molecule has 0 aliphatic rings. The molecule has 0 aliphatic carbocycles. The number of halogens is 2. The van der Waals surface area contributed by atoms with E-state index >= 15 is 0 Å². The van der Waals surface area contributed by atoms with E-state index in [2.05, 4.69) is 22.3 Å². The van der Waals surface area contributed by atoms with Gasteiger partial charge in [0.25, 0.3) is 0 Å². The highest BCUT2D eigenvalue weighted by Gasteiger charge is 2.17. The van der Waals surface area contributed by atoms with E-state index in [0.29, 0.717) is 21.5 Å². The summed E-state index contributed by atoms with van der Waals surface area (Å²) in [7, 11) is 0. The van der Waals surface area contributed by atoms with Crippen molar-refractivity contribution in [2.75, 3.05) is 5.75 Å². The van der Waals surface area contributed by atoms with Crippen molar-refractivity contribution in [1.82, 2.24) is 10.1 Å². The summed E-state index contributed by atoms with van der Waals surface area (Å²) in [4.78, 5) is 4.64. The standard InChI is InChI=1S/C21H17Cl2N3OS2/c22-14-6-7-15(16(23)8-14)18-9-20(27-26-18)19-12-29-21(25-19)17(24)11-28-10-13-4-2-1-3-5-13/h1-9,12,17H,10-11,24H2. The summed E-state index contributed by atoms with van der Waals surface area (Å²) in [6.07, 6.45) is 0. The molecule has 2 aromatic heterocycles. The van der Waals surface area contributed by atoms with Crippen LogP contribution in [0.5, 0.6) is 0 Å². The van der Waals surface area contributed by atoms with E-state index in [4.69, 9.17) is 33.5 Å². The molecule has 0 radical (unpaired) electrons. The molecule has 1 unspecified atom stereocenters. The van der Waals surface area contributed by atoms with Crippen LogP contribution in [-0.2, 0) is 5.75 Å². The zero-order chi connectivity index (χ0) is 20.2. The number of thioether (sulfide) groups is 1. The minimum Gasteiger partial charge on any atom is -0.354 e. The first-order valence-corrected chi connectivity index (χ1v) is 11.6. The van der Waals surface area contributed by atoms with Crippen molar-refractivity contribution < 1.29 is 4.52 Å². The van der Waals surface area contributed by atoms with Gasteiger partial charge in [-0.1, -0.05) is 58.7 Å². The molecule has 4 nitrogen and oxygen atoms in total. The van der Waals surface area contributed by atoms with Crippen LogP contribution in [0, 0.1) is 0 Å². The maximum absolute atomic E-state index is 6.33. The summed E-state index contributed by atoms with van der Waals surface area (Å²) in [6, 6.07) is 17.3. The lowest BCUT2D eigenvalue weighted by Gasteiger charge is -2.08. The molecular weight excluding hydrogens is 445 g/mol. The second kappa shape index (κ2) is 9.32. The maximum Gasteiger partial charge on any atom is 0.186 e. The van der Waals surface area contributed by atoms with Crippen LogP contribution in [0.25, 0.3) is 22.7 Å². The highest BCUT2D eigenvalue weighted by atomic mass is 35.5. The van der Waals surface area contributed by atoms with E-state index in [1.165, 1.54) is 16.9 Å². The predicted octanol–water partition coefficient (Wildman–Crippen LogP) is 6.71.